The van der Waals surface area contributed by atoms with E-state index in [4.69, 9.17) is 4.98 Å². The Morgan fingerprint density at radius 1 is 0.778 bits per heavy atom. The van der Waals surface area contributed by atoms with Crippen molar-refractivity contribution in [2.45, 2.75) is 0 Å². The fraction of sp³-hybridized carbons (Fsp3) is 0. The van der Waals surface area contributed by atoms with Crippen molar-refractivity contribution in [3.8, 4) is 28.2 Å². The number of halogens is 1. The molecular formula is C21H14FN5. The summed E-state index contributed by atoms with van der Waals surface area (Å²) in [4.78, 5) is 4.70. The molecule has 0 fully saturated rings. The molecule has 0 aliphatic carbocycles. The third-order valence-electron chi connectivity index (χ3n) is 4.42. The van der Waals surface area contributed by atoms with Gasteiger partial charge in [-0.2, -0.15) is 0 Å². The van der Waals surface area contributed by atoms with Crippen molar-refractivity contribution in [2.24, 2.45) is 0 Å². The van der Waals surface area contributed by atoms with Crippen molar-refractivity contribution in [1.82, 2.24) is 24.4 Å². The first-order valence-corrected chi connectivity index (χ1v) is 8.50. The number of nitrogens with zero attached hydrogens (tertiary/aromatic N) is 5. The highest BCUT2D eigenvalue weighted by Crippen LogP contribution is 2.27. The third-order valence-corrected chi connectivity index (χ3v) is 4.42. The van der Waals surface area contributed by atoms with E-state index in [9.17, 15) is 4.39 Å². The molecule has 0 aliphatic heterocycles. The minimum absolute atomic E-state index is 0.275. The average molecular weight is 355 g/mol. The van der Waals surface area contributed by atoms with E-state index in [-0.39, 0.29) is 5.82 Å². The van der Waals surface area contributed by atoms with Gasteiger partial charge in [0.1, 0.15) is 17.2 Å². The summed E-state index contributed by atoms with van der Waals surface area (Å²) >= 11 is 0. The molecule has 6 heteroatoms. The molecule has 27 heavy (non-hydrogen) atoms. The molecule has 0 atom stereocenters. The zero-order valence-corrected chi connectivity index (χ0v) is 14.2. The number of imidazole rings is 1. The Morgan fingerprint density at radius 2 is 1.59 bits per heavy atom. The molecule has 0 radical (unpaired) electrons. The fourth-order valence-electron chi connectivity index (χ4n) is 3.09. The fourth-order valence-corrected chi connectivity index (χ4v) is 3.09. The molecule has 2 aromatic carbocycles. The lowest BCUT2D eigenvalue weighted by Crippen LogP contribution is -1.97. The predicted octanol–water partition coefficient (Wildman–Crippen LogP) is 4.39. The maximum absolute atomic E-state index is 13.2. The molecule has 0 bridgehead atoms. The molecule has 0 unspecified atom stereocenters. The second-order valence-electron chi connectivity index (χ2n) is 6.16. The minimum atomic E-state index is -0.275. The van der Waals surface area contributed by atoms with Crippen molar-refractivity contribution in [2.75, 3.05) is 0 Å². The number of para-hydroxylation sites is 1. The molecule has 5 aromatic rings. The van der Waals surface area contributed by atoms with E-state index in [1.54, 1.807) is 16.8 Å². The average Bonchev–Trinajstić information content (AvgIpc) is 3.36. The molecule has 3 heterocycles. The zero-order valence-electron chi connectivity index (χ0n) is 14.2. The van der Waals surface area contributed by atoms with Crippen LogP contribution in [0.3, 0.4) is 0 Å². The van der Waals surface area contributed by atoms with Crippen LogP contribution >= 0.6 is 0 Å². The number of pyridine rings is 1. The van der Waals surface area contributed by atoms with Crippen LogP contribution in [0.25, 0.3) is 33.8 Å². The normalized spacial score (nSPS) is 11.1. The lowest BCUT2D eigenvalue weighted by molar-refractivity contribution is 0.628. The van der Waals surface area contributed by atoms with E-state index in [0.29, 0.717) is 5.69 Å². The van der Waals surface area contributed by atoms with E-state index in [1.165, 1.54) is 12.1 Å². The van der Waals surface area contributed by atoms with E-state index in [0.717, 1.165) is 28.2 Å². The number of aromatic nitrogens is 5. The molecule has 3 aromatic heterocycles. The number of hydrogen-bond donors (Lipinski definition) is 0. The summed E-state index contributed by atoms with van der Waals surface area (Å²) in [6.45, 7) is 0. The van der Waals surface area contributed by atoms with Gasteiger partial charge in [-0.1, -0.05) is 29.5 Å². The van der Waals surface area contributed by atoms with Crippen LogP contribution < -0.4 is 0 Å². The first-order chi connectivity index (χ1) is 13.3. The Kier molecular flexibility index (Phi) is 3.53. The van der Waals surface area contributed by atoms with Gasteiger partial charge in [0.25, 0.3) is 0 Å². The van der Waals surface area contributed by atoms with Crippen LogP contribution in [0.15, 0.2) is 85.3 Å². The summed E-state index contributed by atoms with van der Waals surface area (Å²) in [6.07, 6.45) is 5.80. The van der Waals surface area contributed by atoms with Crippen molar-refractivity contribution < 1.29 is 4.39 Å². The zero-order chi connectivity index (χ0) is 18.2. The first kappa shape index (κ1) is 15.5. The lowest BCUT2D eigenvalue weighted by Gasteiger charge is -2.06. The third kappa shape index (κ3) is 2.77. The second-order valence-corrected chi connectivity index (χ2v) is 6.16. The molecular weight excluding hydrogens is 341 g/mol. The summed E-state index contributed by atoms with van der Waals surface area (Å²) in [6, 6.07) is 20.0. The van der Waals surface area contributed by atoms with Crippen LogP contribution in [0.1, 0.15) is 0 Å². The van der Waals surface area contributed by atoms with Gasteiger partial charge in [-0.05, 0) is 42.5 Å². The Labute approximate surface area is 154 Å². The summed E-state index contributed by atoms with van der Waals surface area (Å²) in [5.41, 5.74) is 5.06. The number of fused-ring (bicyclic) bond motifs is 1. The van der Waals surface area contributed by atoms with Gasteiger partial charge in [-0.3, -0.25) is 0 Å². The largest absolute Gasteiger partial charge is 0.306 e. The van der Waals surface area contributed by atoms with Gasteiger partial charge in [0.2, 0.25) is 0 Å². The van der Waals surface area contributed by atoms with Gasteiger partial charge in [0, 0.05) is 23.5 Å². The van der Waals surface area contributed by atoms with Crippen LogP contribution in [0, 0.1) is 5.82 Å². The Morgan fingerprint density at radius 3 is 2.44 bits per heavy atom. The van der Waals surface area contributed by atoms with Gasteiger partial charge in [-0.25, -0.2) is 14.1 Å². The van der Waals surface area contributed by atoms with Crippen molar-refractivity contribution in [3.05, 3.63) is 91.1 Å². The summed E-state index contributed by atoms with van der Waals surface area (Å²) in [7, 11) is 0. The number of hydrogen-bond acceptors (Lipinski definition) is 3. The number of benzene rings is 2. The van der Waals surface area contributed by atoms with E-state index in [1.807, 2.05) is 65.5 Å². The molecule has 5 rings (SSSR count). The smallest absolute Gasteiger partial charge is 0.137 e. The Bertz CT molecular complexity index is 1200. The van der Waals surface area contributed by atoms with Gasteiger partial charge in [-0.15, -0.1) is 5.10 Å². The SMILES string of the molecule is Fc1ccc(-c2cn(-c3ccccc3-c3cn4ccccc4n3)nn2)cc1. The maximum atomic E-state index is 13.2. The van der Waals surface area contributed by atoms with Gasteiger partial charge >= 0.3 is 0 Å². The Hall–Kier alpha value is -3.80. The molecule has 5 nitrogen and oxygen atoms in total. The van der Waals surface area contributed by atoms with E-state index >= 15 is 0 Å². The molecule has 0 aliphatic rings. The van der Waals surface area contributed by atoms with E-state index in [2.05, 4.69) is 10.3 Å². The maximum Gasteiger partial charge on any atom is 0.137 e. The topological polar surface area (TPSA) is 48.0 Å². The van der Waals surface area contributed by atoms with Crippen LogP contribution in [-0.4, -0.2) is 24.4 Å². The molecule has 0 N–H and O–H groups in total. The predicted molar refractivity (Wildman–Crippen MR) is 101 cm³/mol. The van der Waals surface area contributed by atoms with Crippen LogP contribution in [-0.2, 0) is 0 Å². The number of rotatable bonds is 3. The van der Waals surface area contributed by atoms with Crippen LogP contribution in [0.5, 0.6) is 0 Å². The highest BCUT2D eigenvalue weighted by atomic mass is 19.1. The highest BCUT2D eigenvalue weighted by Gasteiger charge is 2.12. The summed E-state index contributed by atoms with van der Waals surface area (Å²) in [5.74, 6) is -0.275. The standard InChI is InChI=1S/C21H14FN5/c22-16-10-8-15(9-11-16)18-14-27(25-24-18)20-6-2-1-5-17(20)19-13-26-12-4-3-7-21(26)23-19/h1-14H. The van der Waals surface area contributed by atoms with Gasteiger partial charge in [0.05, 0.1) is 17.6 Å². The Balaban J connectivity index is 1.59. The quantitative estimate of drug-likeness (QED) is 0.482. The van der Waals surface area contributed by atoms with Crippen molar-refractivity contribution in [1.29, 1.82) is 0 Å². The highest BCUT2D eigenvalue weighted by molar-refractivity contribution is 5.72. The molecule has 0 spiro atoms. The van der Waals surface area contributed by atoms with E-state index < -0.39 is 0 Å². The molecule has 0 saturated carbocycles. The first-order valence-electron chi connectivity index (χ1n) is 8.50. The van der Waals surface area contributed by atoms with Gasteiger partial charge in [0.15, 0.2) is 0 Å². The summed E-state index contributed by atoms with van der Waals surface area (Å²) < 4.78 is 16.9. The summed E-state index contributed by atoms with van der Waals surface area (Å²) in [5, 5.41) is 8.50. The molecule has 0 amide bonds. The second kappa shape index (κ2) is 6.17. The van der Waals surface area contributed by atoms with Crippen molar-refractivity contribution >= 4 is 5.65 Å². The van der Waals surface area contributed by atoms with Crippen molar-refractivity contribution in [3.63, 3.8) is 0 Å². The molecule has 0 saturated heterocycles. The minimum Gasteiger partial charge on any atom is -0.306 e. The monoisotopic (exact) mass is 355 g/mol. The van der Waals surface area contributed by atoms with Crippen LogP contribution in [0.2, 0.25) is 0 Å². The van der Waals surface area contributed by atoms with Crippen LogP contribution in [0.4, 0.5) is 4.39 Å². The molecule has 130 valence electrons. The lowest BCUT2D eigenvalue weighted by atomic mass is 10.1. The van der Waals surface area contributed by atoms with Gasteiger partial charge < -0.3 is 4.40 Å².